The Morgan fingerprint density at radius 1 is 1.07 bits per heavy atom. The topological polar surface area (TPSA) is 82.1 Å². The molecule has 0 aliphatic heterocycles. The molecule has 0 aromatic heterocycles. The molecule has 0 heterocycles. The molecule has 0 bridgehead atoms. The number of halogens is 2. The van der Waals surface area contributed by atoms with E-state index in [9.17, 15) is 18.4 Å². The fraction of sp³-hybridized carbons (Fsp3) is 0.200. The Bertz CT molecular complexity index is 914. The number of carbonyl (C=O) groups excluding carboxylic acids is 1. The van der Waals surface area contributed by atoms with Crippen molar-refractivity contribution < 1.29 is 37.7 Å². The minimum absolute atomic E-state index is 0.106. The molecule has 0 unspecified atom stereocenters. The number of ketones is 1. The fourth-order valence-corrected chi connectivity index (χ4v) is 3.06. The zero-order valence-corrected chi connectivity index (χ0v) is 16.4. The number of hydrogen-bond donors (Lipinski definition) is 1. The quantitative estimate of drug-likeness (QED) is 0.344. The average Bonchev–Trinajstić information content (AvgIpc) is 2.70. The molecule has 1 N–H and O–H groups in total. The Kier molecular flexibility index (Phi) is 8.02. The molecule has 2 aromatic rings. The summed E-state index contributed by atoms with van der Waals surface area (Å²) in [4.78, 5) is 23.7. The smallest absolute Gasteiger partial charge is 0.387 e. The van der Waals surface area contributed by atoms with Gasteiger partial charge in [-0.2, -0.15) is 8.78 Å². The summed E-state index contributed by atoms with van der Waals surface area (Å²) in [5.74, 6) is -1.00. The van der Waals surface area contributed by atoms with Gasteiger partial charge in [-0.05, 0) is 42.0 Å². The predicted octanol–water partition coefficient (Wildman–Crippen LogP) is 4.38. The van der Waals surface area contributed by atoms with Crippen molar-refractivity contribution in [2.45, 2.75) is 11.5 Å². The van der Waals surface area contributed by atoms with Crippen molar-refractivity contribution in [3.05, 3.63) is 53.6 Å². The summed E-state index contributed by atoms with van der Waals surface area (Å²) in [6, 6.07) is 9.01. The molecule has 0 spiro atoms. The molecule has 6 nitrogen and oxygen atoms in total. The zero-order valence-electron chi connectivity index (χ0n) is 15.6. The number of hydrogen-bond acceptors (Lipinski definition) is 6. The standard InChI is InChI=1S/C20H18F2O6S/c1-26-16-9-12(4-7-15(16)28-20(21)22)3-6-14(23)13-5-8-18(17(10-13)27-2)29-11-19(24)25/h3-10,20H,11H2,1-2H3,(H,24,25). The Morgan fingerprint density at radius 3 is 2.41 bits per heavy atom. The first kappa shape index (κ1) is 22.2. The molecule has 0 amide bonds. The van der Waals surface area contributed by atoms with Crippen molar-refractivity contribution in [1.29, 1.82) is 0 Å². The first-order chi connectivity index (χ1) is 13.8. The number of rotatable bonds is 10. The third kappa shape index (κ3) is 6.49. The van der Waals surface area contributed by atoms with E-state index in [0.717, 1.165) is 11.8 Å². The molecule has 0 aliphatic rings. The summed E-state index contributed by atoms with van der Waals surface area (Å²) in [6.45, 7) is -2.97. The number of alkyl halides is 2. The second kappa shape index (κ2) is 10.5. The van der Waals surface area contributed by atoms with E-state index in [-0.39, 0.29) is 23.0 Å². The van der Waals surface area contributed by atoms with Gasteiger partial charge in [0.2, 0.25) is 0 Å². The van der Waals surface area contributed by atoms with E-state index in [2.05, 4.69) is 4.74 Å². The van der Waals surface area contributed by atoms with E-state index in [1.54, 1.807) is 12.1 Å². The van der Waals surface area contributed by atoms with Gasteiger partial charge >= 0.3 is 12.6 Å². The van der Waals surface area contributed by atoms with Crippen molar-refractivity contribution >= 4 is 29.6 Å². The lowest BCUT2D eigenvalue weighted by molar-refractivity contribution is -0.133. The minimum Gasteiger partial charge on any atom is -0.496 e. The molecule has 2 rings (SSSR count). The van der Waals surface area contributed by atoms with Crippen LogP contribution in [0.1, 0.15) is 15.9 Å². The van der Waals surface area contributed by atoms with Gasteiger partial charge in [-0.1, -0.05) is 12.1 Å². The lowest BCUT2D eigenvalue weighted by Crippen LogP contribution is -2.03. The maximum absolute atomic E-state index is 12.4. The maximum Gasteiger partial charge on any atom is 0.387 e. The summed E-state index contributed by atoms with van der Waals surface area (Å²) in [6.07, 6.45) is 2.83. The summed E-state index contributed by atoms with van der Waals surface area (Å²) in [5.41, 5.74) is 0.903. The van der Waals surface area contributed by atoms with Gasteiger partial charge in [-0.3, -0.25) is 9.59 Å². The first-order valence-corrected chi connectivity index (χ1v) is 9.20. The molecular weight excluding hydrogens is 406 g/mol. The Balaban J connectivity index is 2.16. The van der Waals surface area contributed by atoms with Crippen molar-refractivity contribution in [3.63, 3.8) is 0 Å². The summed E-state index contributed by atoms with van der Waals surface area (Å²) >= 11 is 1.09. The number of carboxylic acid groups (broad SMARTS) is 1. The zero-order chi connectivity index (χ0) is 21.4. The highest BCUT2D eigenvalue weighted by molar-refractivity contribution is 8.00. The monoisotopic (exact) mass is 424 g/mol. The van der Waals surface area contributed by atoms with E-state index in [1.807, 2.05) is 0 Å². The van der Waals surface area contributed by atoms with Gasteiger partial charge in [0, 0.05) is 10.5 Å². The Hall–Kier alpha value is -3.07. The van der Waals surface area contributed by atoms with Crippen LogP contribution in [0.2, 0.25) is 0 Å². The van der Waals surface area contributed by atoms with Gasteiger partial charge in [0.15, 0.2) is 17.3 Å². The van der Waals surface area contributed by atoms with Gasteiger partial charge in [0.25, 0.3) is 0 Å². The van der Waals surface area contributed by atoms with E-state index < -0.39 is 12.6 Å². The lowest BCUT2D eigenvalue weighted by Gasteiger charge is -2.10. The van der Waals surface area contributed by atoms with Gasteiger partial charge in [-0.15, -0.1) is 11.8 Å². The number of thioether (sulfide) groups is 1. The molecule has 0 fully saturated rings. The SMILES string of the molecule is COc1cc(C=CC(=O)c2ccc(SCC(=O)O)c(OC)c2)ccc1OC(F)F. The number of ether oxygens (including phenoxy) is 3. The van der Waals surface area contributed by atoms with Crippen molar-refractivity contribution in [1.82, 2.24) is 0 Å². The average molecular weight is 424 g/mol. The second-order valence-corrected chi connectivity index (χ2v) is 6.55. The van der Waals surface area contributed by atoms with Gasteiger partial charge in [-0.25, -0.2) is 0 Å². The van der Waals surface area contributed by atoms with Crippen LogP contribution < -0.4 is 14.2 Å². The Labute approximate surface area is 170 Å². The number of carboxylic acids is 1. The first-order valence-electron chi connectivity index (χ1n) is 8.22. The molecule has 0 atom stereocenters. The molecule has 154 valence electrons. The number of benzene rings is 2. The summed E-state index contributed by atoms with van der Waals surface area (Å²) < 4.78 is 39.4. The maximum atomic E-state index is 12.4. The predicted molar refractivity (Wildman–Crippen MR) is 104 cm³/mol. The van der Waals surface area contributed by atoms with E-state index in [1.165, 1.54) is 50.6 Å². The van der Waals surface area contributed by atoms with Crippen molar-refractivity contribution in [3.8, 4) is 17.2 Å². The van der Waals surface area contributed by atoms with E-state index >= 15 is 0 Å². The summed E-state index contributed by atoms with van der Waals surface area (Å²) in [5, 5.41) is 8.78. The van der Waals surface area contributed by atoms with Crippen molar-refractivity contribution in [2.24, 2.45) is 0 Å². The number of allylic oxidation sites excluding steroid dienone is 1. The molecular formula is C20H18F2O6S. The lowest BCUT2D eigenvalue weighted by atomic mass is 10.1. The van der Waals surface area contributed by atoms with Crippen LogP contribution in [0.5, 0.6) is 17.2 Å². The number of aliphatic carboxylic acids is 1. The van der Waals surface area contributed by atoms with Crippen LogP contribution in [0.15, 0.2) is 47.4 Å². The summed E-state index contributed by atoms with van der Waals surface area (Å²) in [7, 11) is 2.75. The highest BCUT2D eigenvalue weighted by Gasteiger charge is 2.12. The minimum atomic E-state index is -2.97. The normalized spacial score (nSPS) is 10.9. The van der Waals surface area contributed by atoms with Crippen LogP contribution in [0.3, 0.4) is 0 Å². The van der Waals surface area contributed by atoms with E-state index in [0.29, 0.717) is 21.8 Å². The fourth-order valence-electron chi connectivity index (χ4n) is 2.33. The van der Waals surface area contributed by atoms with Crippen LogP contribution in [0.25, 0.3) is 6.08 Å². The molecule has 0 saturated heterocycles. The molecule has 9 heteroatoms. The Morgan fingerprint density at radius 2 is 1.79 bits per heavy atom. The molecule has 2 aromatic carbocycles. The van der Waals surface area contributed by atoms with Crippen LogP contribution in [0, 0.1) is 0 Å². The van der Waals surface area contributed by atoms with Crippen molar-refractivity contribution in [2.75, 3.05) is 20.0 Å². The molecule has 0 saturated carbocycles. The third-order valence-corrected chi connectivity index (χ3v) is 4.67. The highest BCUT2D eigenvalue weighted by atomic mass is 32.2. The number of carbonyl (C=O) groups is 2. The molecule has 29 heavy (non-hydrogen) atoms. The van der Waals surface area contributed by atoms with Crippen LogP contribution in [-0.2, 0) is 4.79 Å². The van der Waals surface area contributed by atoms with Gasteiger partial charge in [0.05, 0.1) is 20.0 Å². The van der Waals surface area contributed by atoms with E-state index in [4.69, 9.17) is 14.6 Å². The second-order valence-electron chi connectivity index (χ2n) is 5.53. The number of methoxy groups -OCH3 is 2. The third-order valence-electron chi connectivity index (χ3n) is 3.63. The van der Waals surface area contributed by atoms with Gasteiger partial charge < -0.3 is 19.3 Å². The molecule has 0 aliphatic carbocycles. The highest BCUT2D eigenvalue weighted by Crippen LogP contribution is 2.31. The largest absolute Gasteiger partial charge is 0.496 e. The molecule has 0 radical (unpaired) electrons. The van der Waals surface area contributed by atoms with Crippen LogP contribution in [-0.4, -0.2) is 43.4 Å². The van der Waals surface area contributed by atoms with Gasteiger partial charge in [0.1, 0.15) is 5.75 Å². The van der Waals surface area contributed by atoms with Crippen LogP contribution >= 0.6 is 11.8 Å². The van der Waals surface area contributed by atoms with Crippen LogP contribution in [0.4, 0.5) is 8.78 Å².